The predicted octanol–water partition coefficient (Wildman–Crippen LogP) is 3.82. The van der Waals surface area contributed by atoms with Crippen LogP contribution in [0.4, 0.5) is 9.18 Å². The maximum absolute atomic E-state index is 14.4. The third-order valence-electron chi connectivity index (χ3n) is 5.68. The number of halogens is 1. The minimum Gasteiger partial charge on any atom is -0.476 e. The number of rotatable bonds is 5. The molecule has 0 unspecified atom stereocenters. The fraction of sp³-hybridized carbons (Fsp3) is 0.423. The summed E-state index contributed by atoms with van der Waals surface area (Å²) in [6.07, 6.45) is -1.55. The van der Waals surface area contributed by atoms with Gasteiger partial charge in [-0.3, -0.25) is 9.59 Å². The number of carbonyl (C=O) groups excluding carboxylic acids is 3. The van der Waals surface area contributed by atoms with Crippen molar-refractivity contribution in [2.24, 2.45) is 5.73 Å². The molecule has 0 aromatic heterocycles. The van der Waals surface area contributed by atoms with Crippen LogP contribution in [-0.4, -0.2) is 59.0 Å². The average molecular weight is 486 g/mol. The molecule has 1 aliphatic rings. The van der Waals surface area contributed by atoms with Crippen molar-refractivity contribution in [2.75, 3.05) is 19.6 Å². The van der Waals surface area contributed by atoms with Crippen molar-refractivity contribution < 1.29 is 28.2 Å². The van der Waals surface area contributed by atoms with Gasteiger partial charge in [0.1, 0.15) is 17.2 Å². The fourth-order valence-electron chi connectivity index (χ4n) is 3.78. The summed E-state index contributed by atoms with van der Waals surface area (Å²) in [7, 11) is 0. The lowest BCUT2D eigenvalue weighted by molar-refractivity contribution is -0.142. The van der Waals surface area contributed by atoms with Crippen LogP contribution in [0.5, 0.6) is 5.75 Å². The van der Waals surface area contributed by atoms with Crippen molar-refractivity contribution in [3.05, 3.63) is 65.0 Å². The normalized spacial score (nSPS) is 17.0. The number of piperazine rings is 1. The number of primary amides is 1. The molecule has 1 saturated heterocycles. The van der Waals surface area contributed by atoms with Gasteiger partial charge in [0.05, 0.1) is 0 Å². The minimum atomic E-state index is -1.12. The first-order chi connectivity index (χ1) is 16.4. The summed E-state index contributed by atoms with van der Waals surface area (Å²) in [6, 6.07) is 10.3. The first kappa shape index (κ1) is 26.0. The Morgan fingerprint density at radius 2 is 1.74 bits per heavy atom. The van der Waals surface area contributed by atoms with E-state index in [1.54, 1.807) is 49.6 Å². The molecule has 188 valence electrons. The molecule has 0 bridgehead atoms. The second kappa shape index (κ2) is 10.3. The molecular weight excluding hydrogens is 453 g/mol. The van der Waals surface area contributed by atoms with E-state index in [-0.39, 0.29) is 25.0 Å². The smallest absolute Gasteiger partial charge is 0.410 e. The number of hydrogen-bond donors (Lipinski definition) is 1. The Labute approximate surface area is 204 Å². The summed E-state index contributed by atoms with van der Waals surface area (Å²) >= 11 is 0. The lowest BCUT2D eigenvalue weighted by atomic mass is 10.0. The van der Waals surface area contributed by atoms with Crippen molar-refractivity contribution in [2.45, 2.75) is 52.4 Å². The van der Waals surface area contributed by atoms with Gasteiger partial charge in [0, 0.05) is 36.8 Å². The zero-order valence-corrected chi connectivity index (χ0v) is 20.7. The molecule has 0 radical (unpaired) electrons. The van der Waals surface area contributed by atoms with E-state index in [2.05, 4.69) is 0 Å². The summed E-state index contributed by atoms with van der Waals surface area (Å²) in [6.45, 7) is 9.72. The van der Waals surface area contributed by atoms with Gasteiger partial charge in [-0.05, 0) is 70.5 Å². The van der Waals surface area contributed by atoms with Crippen molar-refractivity contribution in [1.29, 1.82) is 0 Å². The zero-order chi connectivity index (χ0) is 25.9. The van der Waals surface area contributed by atoms with Crippen LogP contribution in [0.15, 0.2) is 42.5 Å². The highest BCUT2D eigenvalue weighted by Gasteiger charge is 2.36. The molecule has 35 heavy (non-hydrogen) atoms. The largest absolute Gasteiger partial charge is 0.476 e. The van der Waals surface area contributed by atoms with Crippen LogP contribution in [0.1, 0.15) is 55.3 Å². The van der Waals surface area contributed by atoms with Crippen LogP contribution in [-0.2, 0) is 9.53 Å². The van der Waals surface area contributed by atoms with Crippen LogP contribution in [0.2, 0.25) is 0 Å². The third-order valence-corrected chi connectivity index (χ3v) is 5.68. The molecule has 3 rings (SSSR count). The van der Waals surface area contributed by atoms with Gasteiger partial charge in [-0.15, -0.1) is 0 Å². The van der Waals surface area contributed by atoms with Gasteiger partial charge in [-0.2, -0.15) is 0 Å². The monoisotopic (exact) mass is 485 g/mol. The summed E-state index contributed by atoms with van der Waals surface area (Å²) in [5.41, 5.74) is 5.78. The van der Waals surface area contributed by atoms with Gasteiger partial charge in [0.15, 0.2) is 0 Å². The van der Waals surface area contributed by atoms with Crippen molar-refractivity contribution in [3.8, 4) is 5.75 Å². The second-order valence-corrected chi connectivity index (χ2v) is 9.70. The average Bonchev–Trinajstić information content (AvgIpc) is 2.78. The van der Waals surface area contributed by atoms with Gasteiger partial charge in [-0.1, -0.05) is 12.1 Å². The van der Waals surface area contributed by atoms with E-state index < -0.39 is 29.5 Å². The lowest BCUT2D eigenvalue weighted by Gasteiger charge is -2.41. The van der Waals surface area contributed by atoms with E-state index >= 15 is 0 Å². The maximum atomic E-state index is 14.4. The number of hydrogen-bond acceptors (Lipinski definition) is 5. The maximum Gasteiger partial charge on any atom is 0.410 e. The molecule has 1 heterocycles. The summed E-state index contributed by atoms with van der Waals surface area (Å²) in [4.78, 5) is 40.7. The van der Waals surface area contributed by atoms with Crippen LogP contribution < -0.4 is 10.5 Å². The molecule has 8 nitrogen and oxygen atoms in total. The molecule has 2 aromatic carbocycles. The molecule has 0 saturated carbocycles. The molecule has 3 amide bonds. The number of nitrogens with two attached hydrogens (primary N) is 1. The van der Waals surface area contributed by atoms with Crippen molar-refractivity contribution in [1.82, 2.24) is 9.80 Å². The molecule has 0 spiro atoms. The standard InChI is InChI=1S/C26H32FN3O5/c1-16-6-7-19(14-21(16)27)22(34-20-10-8-18(9-11-20)23(28)31)24(32)29-12-13-30(17(2)15-29)25(33)35-26(3,4)5/h6-11,14,17,22H,12-13,15H2,1-5H3,(H2,28,31)/t17-,22+/m1/s1. The zero-order valence-electron chi connectivity index (χ0n) is 20.7. The van der Waals surface area contributed by atoms with Crippen LogP contribution in [0.3, 0.4) is 0 Å². The van der Waals surface area contributed by atoms with Gasteiger partial charge in [0.25, 0.3) is 5.91 Å². The van der Waals surface area contributed by atoms with E-state index in [0.717, 1.165) is 0 Å². The van der Waals surface area contributed by atoms with E-state index in [1.165, 1.54) is 30.3 Å². The van der Waals surface area contributed by atoms with Crippen LogP contribution >= 0.6 is 0 Å². The molecule has 2 atom stereocenters. The Morgan fingerprint density at radius 3 is 2.29 bits per heavy atom. The third kappa shape index (κ3) is 6.49. The van der Waals surface area contributed by atoms with E-state index in [4.69, 9.17) is 15.2 Å². The van der Waals surface area contributed by atoms with Crippen LogP contribution in [0, 0.1) is 12.7 Å². The molecule has 2 N–H and O–H groups in total. The first-order valence-electron chi connectivity index (χ1n) is 11.5. The summed E-state index contributed by atoms with van der Waals surface area (Å²) < 4.78 is 25.9. The van der Waals surface area contributed by atoms with Gasteiger partial charge >= 0.3 is 6.09 Å². The number of ether oxygens (including phenoxy) is 2. The number of aryl methyl sites for hydroxylation is 1. The van der Waals surface area contributed by atoms with Crippen LogP contribution in [0.25, 0.3) is 0 Å². The van der Waals surface area contributed by atoms with E-state index in [9.17, 15) is 18.8 Å². The molecule has 1 fully saturated rings. The number of nitrogens with zero attached hydrogens (tertiary/aromatic N) is 2. The Hall–Kier alpha value is -3.62. The van der Waals surface area contributed by atoms with Crippen molar-refractivity contribution in [3.63, 3.8) is 0 Å². The highest BCUT2D eigenvalue weighted by Crippen LogP contribution is 2.27. The van der Waals surface area contributed by atoms with E-state index in [0.29, 0.717) is 29.0 Å². The van der Waals surface area contributed by atoms with Gasteiger partial charge in [0.2, 0.25) is 12.0 Å². The summed E-state index contributed by atoms with van der Waals surface area (Å²) in [5, 5.41) is 0. The molecule has 1 aliphatic heterocycles. The molecule has 2 aromatic rings. The first-order valence-corrected chi connectivity index (χ1v) is 11.5. The molecular formula is C26H32FN3O5. The van der Waals surface area contributed by atoms with E-state index in [1.807, 2.05) is 6.92 Å². The SMILES string of the molecule is Cc1ccc([C@H](Oc2ccc(C(N)=O)cc2)C(=O)N2CCN(C(=O)OC(C)(C)C)[C@H](C)C2)cc1F. The second-order valence-electron chi connectivity index (χ2n) is 9.70. The minimum absolute atomic E-state index is 0.271. The lowest BCUT2D eigenvalue weighted by Crippen LogP contribution is -2.57. The summed E-state index contributed by atoms with van der Waals surface area (Å²) in [5.74, 6) is -1.06. The Bertz CT molecular complexity index is 1100. The fourth-order valence-corrected chi connectivity index (χ4v) is 3.78. The number of carbonyl (C=O) groups is 3. The highest BCUT2D eigenvalue weighted by atomic mass is 19.1. The van der Waals surface area contributed by atoms with Crippen molar-refractivity contribution >= 4 is 17.9 Å². The van der Waals surface area contributed by atoms with Gasteiger partial charge < -0.3 is 25.0 Å². The quantitative estimate of drug-likeness (QED) is 0.694. The Balaban J connectivity index is 1.82. The van der Waals surface area contributed by atoms with Gasteiger partial charge in [-0.25, -0.2) is 9.18 Å². The Morgan fingerprint density at radius 1 is 1.09 bits per heavy atom. The molecule has 9 heteroatoms. The Kier molecular flexibility index (Phi) is 7.67. The molecule has 0 aliphatic carbocycles. The number of benzene rings is 2. The number of amides is 3. The topological polar surface area (TPSA) is 102 Å². The predicted molar refractivity (Wildman–Crippen MR) is 128 cm³/mol. The highest BCUT2D eigenvalue weighted by molar-refractivity contribution is 5.92.